The molecule has 2 unspecified atom stereocenters. The molecule has 2 aromatic rings. The number of carbonyl (C=O) groups excluding carboxylic acids is 2. The molecule has 32 heavy (non-hydrogen) atoms. The monoisotopic (exact) mass is 476 g/mol. The Morgan fingerprint density at radius 3 is 2.72 bits per heavy atom. The first kappa shape index (κ1) is 24.3. The van der Waals surface area contributed by atoms with Gasteiger partial charge in [-0.25, -0.2) is 0 Å². The maximum absolute atomic E-state index is 13.3. The van der Waals surface area contributed by atoms with Crippen molar-refractivity contribution in [3.63, 3.8) is 0 Å². The SMILES string of the molecule is CCC/N=C1\SC(C(=O)c2ccc(OCC(O)CO)c(Cl)c2)C(=O)N1c1ccccc1C. The highest BCUT2D eigenvalue weighted by Gasteiger charge is 2.44. The molecule has 0 aromatic heterocycles. The molecule has 0 bridgehead atoms. The van der Waals surface area contributed by atoms with Gasteiger partial charge >= 0.3 is 0 Å². The summed E-state index contributed by atoms with van der Waals surface area (Å²) in [4.78, 5) is 32.6. The molecular weight excluding hydrogens is 452 g/mol. The van der Waals surface area contributed by atoms with Crippen molar-refractivity contribution in [3.8, 4) is 5.75 Å². The number of carbonyl (C=O) groups is 2. The van der Waals surface area contributed by atoms with Crippen LogP contribution in [0, 0.1) is 6.92 Å². The zero-order chi connectivity index (χ0) is 23.3. The van der Waals surface area contributed by atoms with Crippen LogP contribution in [0.1, 0.15) is 29.3 Å². The van der Waals surface area contributed by atoms with Crippen molar-refractivity contribution in [3.05, 3.63) is 58.6 Å². The maximum atomic E-state index is 13.3. The van der Waals surface area contributed by atoms with Crippen LogP contribution < -0.4 is 9.64 Å². The summed E-state index contributed by atoms with van der Waals surface area (Å²) in [7, 11) is 0. The van der Waals surface area contributed by atoms with Gasteiger partial charge in [-0.3, -0.25) is 19.5 Å². The standard InChI is InChI=1S/C23H25ClN2O5S/c1-3-10-25-23-26(18-7-5-4-6-14(18)2)22(30)21(32-23)20(29)15-8-9-19(17(24)11-15)31-13-16(28)12-27/h4-9,11,16,21,27-28H,3,10,12-13H2,1-2H3/b25-23-. The molecule has 1 saturated heterocycles. The largest absolute Gasteiger partial charge is 0.489 e. The topological polar surface area (TPSA) is 99.4 Å². The first-order valence-corrected chi connectivity index (χ1v) is 11.5. The van der Waals surface area contributed by atoms with E-state index in [1.165, 1.54) is 23.1 Å². The van der Waals surface area contributed by atoms with Crippen molar-refractivity contribution in [2.75, 3.05) is 24.7 Å². The molecule has 3 rings (SSSR count). The fraction of sp³-hybridized carbons (Fsp3) is 0.348. The molecule has 1 fully saturated rings. The summed E-state index contributed by atoms with van der Waals surface area (Å²) >= 11 is 7.38. The lowest BCUT2D eigenvalue weighted by Crippen LogP contribution is -2.35. The Balaban J connectivity index is 1.86. The lowest BCUT2D eigenvalue weighted by atomic mass is 10.1. The predicted octanol–water partition coefficient (Wildman–Crippen LogP) is 3.48. The van der Waals surface area contributed by atoms with E-state index in [9.17, 15) is 14.7 Å². The van der Waals surface area contributed by atoms with E-state index in [0.29, 0.717) is 17.4 Å². The van der Waals surface area contributed by atoms with Gasteiger partial charge in [-0.2, -0.15) is 0 Å². The van der Waals surface area contributed by atoms with Gasteiger partial charge < -0.3 is 14.9 Å². The van der Waals surface area contributed by atoms with Crippen LogP contribution >= 0.6 is 23.4 Å². The number of benzene rings is 2. The summed E-state index contributed by atoms with van der Waals surface area (Å²) in [6.45, 7) is 3.89. The lowest BCUT2D eigenvalue weighted by molar-refractivity contribution is -0.116. The number of hydrogen-bond acceptors (Lipinski definition) is 7. The first-order chi connectivity index (χ1) is 15.4. The van der Waals surface area contributed by atoms with Gasteiger partial charge in [0.05, 0.1) is 17.3 Å². The van der Waals surface area contributed by atoms with Gasteiger partial charge in [-0.05, 0) is 43.2 Å². The molecule has 1 amide bonds. The first-order valence-electron chi connectivity index (χ1n) is 10.2. The number of aliphatic hydroxyl groups is 2. The smallest absolute Gasteiger partial charge is 0.254 e. The average molecular weight is 477 g/mol. The number of aliphatic hydroxyl groups excluding tert-OH is 2. The van der Waals surface area contributed by atoms with Gasteiger partial charge in [0.15, 0.2) is 16.2 Å². The Bertz CT molecular complexity index is 1030. The summed E-state index contributed by atoms with van der Waals surface area (Å²) < 4.78 is 5.37. The van der Waals surface area contributed by atoms with Gasteiger partial charge in [-0.1, -0.05) is 48.5 Å². The molecule has 1 aliphatic heterocycles. The van der Waals surface area contributed by atoms with Gasteiger partial charge in [0.2, 0.25) is 0 Å². The highest BCUT2D eigenvalue weighted by molar-refractivity contribution is 8.16. The van der Waals surface area contributed by atoms with E-state index in [2.05, 4.69) is 4.99 Å². The number of thioether (sulfide) groups is 1. The summed E-state index contributed by atoms with van der Waals surface area (Å²) in [5.41, 5.74) is 1.89. The second kappa shape index (κ2) is 11.0. The number of aryl methyl sites for hydroxylation is 1. The number of ketones is 1. The minimum atomic E-state index is -1.03. The summed E-state index contributed by atoms with van der Waals surface area (Å²) in [6.07, 6.45) is -0.214. The number of aliphatic imine (C=N–C) groups is 1. The van der Waals surface area contributed by atoms with Crippen LogP contribution in [-0.4, -0.2) is 58.2 Å². The van der Waals surface area contributed by atoms with E-state index in [4.69, 9.17) is 21.4 Å². The Labute approximate surface area is 196 Å². The minimum absolute atomic E-state index is 0.136. The van der Waals surface area contributed by atoms with E-state index in [1.54, 1.807) is 0 Å². The quantitative estimate of drug-likeness (QED) is 0.424. The molecule has 9 heteroatoms. The number of amides is 1. The van der Waals surface area contributed by atoms with Crippen molar-refractivity contribution >= 4 is 45.9 Å². The number of Topliss-reactive ketones (excluding diaryl/α,β-unsaturated/α-hetero) is 1. The van der Waals surface area contributed by atoms with Crippen molar-refractivity contribution in [2.45, 2.75) is 31.6 Å². The number of amidine groups is 1. The van der Waals surface area contributed by atoms with Crippen LogP contribution in [0.3, 0.4) is 0 Å². The number of ether oxygens (including phenoxy) is 1. The molecule has 170 valence electrons. The van der Waals surface area contributed by atoms with E-state index in [-0.39, 0.29) is 34.6 Å². The van der Waals surface area contributed by atoms with Crippen molar-refractivity contribution in [2.24, 2.45) is 4.99 Å². The average Bonchev–Trinajstić information content (AvgIpc) is 3.12. The van der Waals surface area contributed by atoms with Crippen molar-refractivity contribution in [1.29, 1.82) is 0 Å². The third-order valence-electron chi connectivity index (χ3n) is 4.78. The molecule has 0 saturated carbocycles. The molecule has 2 atom stereocenters. The fourth-order valence-corrected chi connectivity index (χ4v) is 4.45. The Morgan fingerprint density at radius 2 is 2.06 bits per heavy atom. The maximum Gasteiger partial charge on any atom is 0.254 e. The van der Waals surface area contributed by atoms with Crippen LogP contribution in [0.2, 0.25) is 5.02 Å². The third-order valence-corrected chi connectivity index (χ3v) is 6.25. The molecule has 2 aromatic carbocycles. The van der Waals surface area contributed by atoms with Crippen LogP contribution in [0.5, 0.6) is 5.75 Å². The number of anilines is 1. The summed E-state index contributed by atoms with van der Waals surface area (Å²) in [5.74, 6) is -0.441. The van der Waals surface area contributed by atoms with Gasteiger partial charge in [-0.15, -0.1) is 0 Å². The highest BCUT2D eigenvalue weighted by Crippen LogP contribution is 2.36. The minimum Gasteiger partial charge on any atom is -0.489 e. The fourth-order valence-electron chi connectivity index (χ4n) is 3.10. The number of hydrogen-bond donors (Lipinski definition) is 2. The number of para-hydroxylation sites is 1. The van der Waals surface area contributed by atoms with E-state index >= 15 is 0 Å². The van der Waals surface area contributed by atoms with E-state index < -0.39 is 18.0 Å². The van der Waals surface area contributed by atoms with E-state index in [0.717, 1.165) is 23.7 Å². The Kier molecular flexibility index (Phi) is 8.31. The Hall–Kier alpha value is -2.39. The van der Waals surface area contributed by atoms with Crippen LogP contribution in [0.4, 0.5) is 5.69 Å². The van der Waals surface area contributed by atoms with Gasteiger partial charge in [0, 0.05) is 12.1 Å². The predicted molar refractivity (Wildman–Crippen MR) is 127 cm³/mol. The molecule has 2 N–H and O–H groups in total. The molecule has 1 aliphatic rings. The van der Waals surface area contributed by atoms with Gasteiger partial charge in [0.25, 0.3) is 5.91 Å². The van der Waals surface area contributed by atoms with Crippen LogP contribution in [0.15, 0.2) is 47.5 Å². The number of halogens is 1. The van der Waals surface area contributed by atoms with Crippen LogP contribution in [-0.2, 0) is 4.79 Å². The lowest BCUT2D eigenvalue weighted by Gasteiger charge is -2.18. The molecule has 1 heterocycles. The molecule has 0 aliphatic carbocycles. The van der Waals surface area contributed by atoms with Crippen molar-refractivity contribution in [1.82, 2.24) is 0 Å². The molecule has 7 nitrogen and oxygen atoms in total. The molecule has 0 spiro atoms. The van der Waals surface area contributed by atoms with Crippen LogP contribution in [0.25, 0.3) is 0 Å². The second-order valence-electron chi connectivity index (χ2n) is 7.28. The summed E-state index contributed by atoms with van der Waals surface area (Å²) in [5, 5.41) is 18.0. The number of rotatable bonds is 9. The Morgan fingerprint density at radius 1 is 1.31 bits per heavy atom. The molecular formula is C23H25ClN2O5S. The highest BCUT2D eigenvalue weighted by atomic mass is 35.5. The molecule has 0 radical (unpaired) electrons. The number of nitrogens with zero attached hydrogens (tertiary/aromatic N) is 2. The summed E-state index contributed by atoms with van der Waals surface area (Å²) in [6, 6.07) is 12.0. The zero-order valence-corrected chi connectivity index (χ0v) is 19.4. The van der Waals surface area contributed by atoms with Gasteiger partial charge in [0.1, 0.15) is 18.5 Å². The zero-order valence-electron chi connectivity index (χ0n) is 17.8. The van der Waals surface area contributed by atoms with E-state index in [1.807, 2.05) is 38.1 Å². The second-order valence-corrected chi connectivity index (χ2v) is 8.76. The van der Waals surface area contributed by atoms with Crippen molar-refractivity contribution < 1.29 is 24.5 Å². The normalized spacial score (nSPS) is 18.3. The third kappa shape index (κ3) is 5.32.